The molecular weight excluding hydrogens is 320 g/mol. The molecule has 0 radical (unpaired) electrons. The molecule has 1 aromatic rings. The van der Waals surface area contributed by atoms with Crippen LogP contribution in [0.25, 0.3) is 0 Å². The van der Waals surface area contributed by atoms with E-state index in [1.807, 2.05) is 4.90 Å². The number of non-ortho nitro benzene ring substituents is 1. The molecule has 2 rings (SSSR count). The molecule has 0 bridgehead atoms. The van der Waals surface area contributed by atoms with E-state index in [0.717, 1.165) is 44.8 Å². The van der Waals surface area contributed by atoms with E-state index in [9.17, 15) is 14.9 Å². The number of rotatable bonds is 8. The highest BCUT2D eigenvalue weighted by atomic mass is 16.6. The number of hydrogen-bond acceptors (Lipinski definition) is 5. The van der Waals surface area contributed by atoms with Crippen LogP contribution in [0, 0.1) is 16.0 Å². The molecule has 1 fully saturated rings. The van der Waals surface area contributed by atoms with E-state index in [0.29, 0.717) is 18.9 Å². The summed E-state index contributed by atoms with van der Waals surface area (Å²) < 4.78 is 0. The Morgan fingerprint density at radius 1 is 1.20 bits per heavy atom. The van der Waals surface area contributed by atoms with Crippen LogP contribution in [0.5, 0.6) is 0 Å². The van der Waals surface area contributed by atoms with Gasteiger partial charge < -0.3 is 10.2 Å². The number of carbonyl (C=O) groups is 1. The molecular formula is C18H28N4O3. The first-order valence-electron chi connectivity index (χ1n) is 8.94. The number of anilines is 1. The van der Waals surface area contributed by atoms with E-state index in [-0.39, 0.29) is 11.6 Å². The molecule has 1 aromatic carbocycles. The average molecular weight is 348 g/mol. The molecule has 1 saturated heterocycles. The second-order valence-electron chi connectivity index (χ2n) is 6.91. The van der Waals surface area contributed by atoms with Gasteiger partial charge in [-0.2, -0.15) is 0 Å². The van der Waals surface area contributed by atoms with E-state index in [2.05, 4.69) is 24.1 Å². The van der Waals surface area contributed by atoms with Crippen LogP contribution in [0.2, 0.25) is 0 Å². The Labute approximate surface area is 149 Å². The van der Waals surface area contributed by atoms with E-state index in [1.165, 1.54) is 12.1 Å². The molecule has 0 atom stereocenters. The Hall–Kier alpha value is -2.15. The normalized spacial score (nSPS) is 15.4. The van der Waals surface area contributed by atoms with Crippen LogP contribution in [-0.4, -0.2) is 59.9 Å². The summed E-state index contributed by atoms with van der Waals surface area (Å²) >= 11 is 0. The number of piperazine rings is 1. The SMILES string of the molecule is CC(C)CN1CCN(C(=O)CCCNc2ccc([N+](=O)[O-])cc2)CC1. The Kier molecular flexibility index (Phi) is 7.18. The van der Waals surface area contributed by atoms with Crippen LogP contribution in [-0.2, 0) is 4.79 Å². The number of benzene rings is 1. The molecule has 138 valence electrons. The molecule has 1 amide bonds. The van der Waals surface area contributed by atoms with Crippen molar-refractivity contribution in [1.82, 2.24) is 9.80 Å². The lowest BCUT2D eigenvalue weighted by atomic mass is 10.2. The lowest BCUT2D eigenvalue weighted by Crippen LogP contribution is -2.49. The molecule has 25 heavy (non-hydrogen) atoms. The lowest BCUT2D eigenvalue weighted by molar-refractivity contribution is -0.384. The van der Waals surface area contributed by atoms with Crippen molar-refractivity contribution >= 4 is 17.3 Å². The first kappa shape index (κ1) is 19.2. The van der Waals surface area contributed by atoms with Crippen molar-refractivity contribution in [3.8, 4) is 0 Å². The second-order valence-corrected chi connectivity index (χ2v) is 6.91. The second kappa shape index (κ2) is 9.36. The number of hydrogen-bond donors (Lipinski definition) is 1. The van der Waals surface area contributed by atoms with E-state index < -0.39 is 4.92 Å². The van der Waals surface area contributed by atoms with Gasteiger partial charge in [0, 0.05) is 63.5 Å². The van der Waals surface area contributed by atoms with Crippen molar-refractivity contribution < 1.29 is 9.72 Å². The van der Waals surface area contributed by atoms with Gasteiger partial charge in [-0.05, 0) is 24.5 Å². The van der Waals surface area contributed by atoms with Crippen LogP contribution in [0.4, 0.5) is 11.4 Å². The Bertz CT molecular complexity index is 566. The highest BCUT2D eigenvalue weighted by Gasteiger charge is 2.20. The van der Waals surface area contributed by atoms with Crippen molar-refractivity contribution in [2.45, 2.75) is 26.7 Å². The first-order chi connectivity index (χ1) is 12.0. The summed E-state index contributed by atoms with van der Waals surface area (Å²) in [5.41, 5.74) is 0.915. The van der Waals surface area contributed by atoms with E-state index >= 15 is 0 Å². The third-order valence-electron chi connectivity index (χ3n) is 4.32. The lowest BCUT2D eigenvalue weighted by Gasteiger charge is -2.35. The average Bonchev–Trinajstić information content (AvgIpc) is 2.59. The van der Waals surface area contributed by atoms with Crippen molar-refractivity contribution in [1.29, 1.82) is 0 Å². The summed E-state index contributed by atoms with van der Waals surface area (Å²) in [4.78, 5) is 26.8. The maximum atomic E-state index is 12.3. The van der Waals surface area contributed by atoms with Crippen molar-refractivity contribution in [2.24, 2.45) is 5.92 Å². The molecule has 7 nitrogen and oxygen atoms in total. The molecule has 1 aliphatic rings. The third kappa shape index (κ3) is 6.34. The number of nitrogens with zero attached hydrogens (tertiary/aromatic N) is 3. The summed E-state index contributed by atoms with van der Waals surface area (Å²) in [6.45, 7) is 9.78. The van der Waals surface area contributed by atoms with Gasteiger partial charge in [-0.15, -0.1) is 0 Å². The maximum absolute atomic E-state index is 12.3. The van der Waals surface area contributed by atoms with Crippen LogP contribution in [0.1, 0.15) is 26.7 Å². The van der Waals surface area contributed by atoms with Gasteiger partial charge in [0.25, 0.3) is 5.69 Å². The minimum Gasteiger partial charge on any atom is -0.385 e. The van der Waals surface area contributed by atoms with Gasteiger partial charge in [0.15, 0.2) is 0 Å². The minimum absolute atomic E-state index is 0.0809. The smallest absolute Gasteiger partial charge is 0.269 e. The maximum Gasteiger partial charge on any atom is 0.269 e. The number of nitrogens with one attached hydrogen (secondary N) is 1. The molecule has 7 heteroatoms. The van der Waals surface area contributed by atoms with Crippen LogP contribution < -0.4 is 5.32 Å². The van der Waals surface area contributed by atoms with Gasteiger partial charge in [0.05, 0.1) is 4.92 Å². The molecule has 0 spiro atoms. The fourth-order valence-corrected chi connectivity index (χ4v) is 3.03. The molecule has 1 aliphatic heterocycles. The highest BCUT2D eigenvalue weighted by Crippen LogP contribution is 2.15. The van der Waals surface area contributed by atoms with Crippen LogP contribution >= 0.6 is 0 Å². The molecule has 0 aromatic heterocycles. The van der Waals surface area contributed by atoms with Crippen LogP contribution in [0.15, 0.2) is 24.3 Å². The summed E-state index contributed by atoms with van der Waals surface area (Å²) in [5.74, 6) is 0.877. The van der Waals surface area contributed by atoms with Crippen molar-refractivity contribution in [2.75, 3.05) is 44.6 Å². The topological polar surface area (TPSA) is 78.7 Å². The quantitative estimate of drug-likeness (QED) is 0.444. The first-order valence-corrected chi connectivity index (χ1v) is 8.94. The predicted molar refractivity (Wildman–Crippen MR) is 98.7 cm³/mol. The number of carbonyl (C=O) groups excluding carboxylic acids is 1. The zero-order chi connectivity index (χ0) is 18.2. The number of nitro benzene ring substituents is 1. The number of amides is 1. The van der Waals surface area contributed by atoms with Crippen molar-refractivity contribution in [3.05, 3.63) is 34.4 Å². The zero-order valence-electron chi connectivity index (χ0n) is 15.1. The van der Waals surface area contributed by atoms with Gasteiger partial charge in [0.1, 0.15) is 0 Å². The summed E-state index contributed by atoms with van der Waals surface area (Å²) in [6, 6.07) is 6.33. The predicted octanol–water partition coefficient (Wildman–Crippen LogP) is 2.59. The van der Waals surface area contributed by atoms with E-state index in [4.69, 9.17) is 0 Å². The largest absolute Gasteiger partial charge is 0.385 e. The summed E-state index contributed by atoms with van der Waals surface area (Å²) in [7, 11) is 0. The fraction of sp³-hybridized carbons (Fsp3) is 0.611. The molecule has 0 saturated carbocycles. The van der Waals surface area contributed by atoms with Gasteiger partial charge in [-0.3, -0.25) is 19.8 Å². The van der Waals surface area contributed by atoms with Gasteiger partial charge in [-0.1, -0.05) is 13.8 Å². The molecule has 0 unspecified atom stereocenters. The van der Waals surface area contributed by atoms with Crippen LogP contribution in [0.3, 0.4) is 0 Å². The van der Waals surface area contributed by atoms with Gasteiger partial charge in [0.2, 0.25) is 5.91 Å². The Morgan fingerprint density at radius 3 is 2.40 bits per heavy atom. The molecule has 0 aliphatic carbocycles. The minimum atomic E-state index is -0.413. The highest BCUT2D eigenvalue weighted by molar-refractivity contribution is 5.76. The van der Waals surface area contributed by atoms with Gasteiger partial charge in [-0.25, -0.2) is 0 Å². The monoisotopic (exact) mass is 348 g/mol. The Balaban J connectivity index is 1.63. The molecule has 1 N–H and O–H groups in total. The third-order valence-corrected chi connectivity index (χ3v) is 4.32. The summed E-state index contributed by atoms with van der Waals surface area (Å²) in [5, 5.41) is 13.8. The zero-order valence-corrected chi connectivity index (χ0v) is 15.1. The fourth-order valence-electron chi connectivity index (χ4n) is 3.03. The summed E-state index contributed by atoms with van der Waals surface area (Å²) in [6.07, 6.45) is 1.28. The van der Waals surface area contributed by atoms with Crippen molar-refractivity contribution in [3.63, 3.8) is 0 Å². The Morgan fingerprint density at radius 2 is 1.84 bits per heavy atom. The van der Waals surface area contributed by atoms with E-state index in [1.54, 1.807) is 12.1 Å². The standard InChI is InChI=1S/C18H28N4O3/c1-15(2)14-20-10-12-21(13-11-20)18(23)4-3-9-19-16-5-7-17(8-6-16)22(24)25/h5-8,15,19H,3-4,9-14H2,1-2H3. The van der Waals surface area contributed by atoms with Gasteiger partial charge >= 0.3 is 0 Å². The molecule has 1 heterocycles. The number of nitro groups is 1.